The average molecular weight is 335 g/mol. The van der Waals surface area contributed by atoms with Crippen molar-refractivity contribution in [2.24, 2.45) is 11.3 Å². The van der Waals surface area contributed by atoms with Gasteiger partial charge in [0.2, 0.25) is 0 Å². The fraction of sp³-hybridized carbons (Fsp3) is 0.333. The van der Waals surface area contributed by atoms with Crippen LogP contribution in [0.5, 0.6) is 0 Å². The number of amides is 1. The second-order valence-corrected chi connectivity index (χ2v) is 7.19. The van der Waals surface area contributed by atoms with Crippen molar-refractivity contribution in [2.45, 2.75) is 19.3 Å². The summed E-state index contributed by atoms with van der Waals surface area (Å²) < 4.78 is 0. The van der Waals surface area contributed by atoms with Crippen LogP contribution in [0.4, 0.5) is 0 Å². The van der Waals surface area contributed by atoms with Gasteiger partial charge < -0.3 is 10.0 Å². The molecule has 1 aliphatic heterocycles. The van der Waals surface area contributed by atoms with Crippen molar-refractivity contribution in [2.75, 3.05) is 13.1 Å². The highest BCUT2D eigenvalue weighted by Crippen LogP contribution is 2.59. The zero-order chi connectivity index (χ0) is 17.4. The van der Waals surface area contributed by atoms with Gasteiger partial charge in [-0.2, -0.15) is 0 Å². The summed E-state index contributed by atoms with van der Waals surface area (Å²) in [6.45, 7) is 1.31. The second kappa shape index (κ2) is 6.03. The Morgan fingerprint density at radius 2 is 1.52 bits per heavy atom. The molecule has 2 fully saturated rings. The van der Waals surface area contributed by atoms with Crippen LogP contribution >= 0.6 is 0 Å². The first-order chi connectivity index (χ1) is 12.1. The third kappa shape index (κ3) is 2.93. The van der Waals surface area contributed by atoms with Gasteiger partial charge in [-0.3, -0.25) is 9.59 Å². The van der Waals surface area contributed by atoms with Gasteiger partial charge in [-0.1, -0.05) is 42.5 Å². The number of carbonyl (C=O) groups is 2. The van der Waals surface area contributed by atoms with Gasteiger partial charge in [0.05, 0.1) is 5.92 Å². The molecule has 1 amide bonds. The largest absolute Gasteiger partial charge is 0.481 e. The van der Waals surface area contributed by atoms with Crippen molar-refractivity contribution in [1.82, 2.24) is 4.90 Å². The number of piperidine rings is 1. The van der Waals surface area contributed by atoms with E-state index >= 15 is 0 Å². The fourth-order valence-electron chi connectivity index (χ4n) is 4.02. The highest BCUT2D eigenvalue weighted by atomic mass is 16.4. The first-order valence-electron chi connectivity index (χ1n) is 8.77. The van der Waals surface area contributed by atoms with Gasteiger partial charge in [-0.05, 0) is 47.9 Å². The van der Waals surface area contributed by atoms with E-state index in [0.717, 1.165) is 30.4 Å². The summed E-state index contributed by atoms with van der Waals surface area (Å²) in [5.41, 5.74) is 2.88. The van der Waals surface area contributed by atoms with Gasteiger partial charge in [0.15, 0.2) is 0 Å². The van der Waals surface area contributed by atoms with E-state index in [2.05, 4.69) is 12.1 Å². The highest BCUT2D eigenvalue weighted by Gasteiger charge is 2.59. The molecule has 1 heterocycles. The van der Waals surface area contributed by atoms with Gasteiger partial charge in [0, 0.05) is 18.7 Å². The van der Waals surface area contributed by atoms with Gasteiger partial charge in [0.1, 0.15) is 0 Å². The predicted molar refractivity (Wildman–Crippen MR) is 95.2 cm³/mol. The zero-order valence-corrected chi connectivity index (χ0v) is 14.0. The summed E-state index contributed by atoms with van der Waals surface area (Å²) in [5, 5.41) is 9.16. The summed E-state index contributed by atoms with van der Waals surface area (Å²) >= 11 is 0. The van der Waals surface area contributed by atoms with E-state index in [1.807, 2.05) is 47.4 Å². The van der Waals surface area contributed by atoms with Crippen LogP contribution in [0.25, 0.3) is 11.1 Å². The lowest BCUT2D eigenvalue weighted by molar-refractivity contribution is -0.139. The Balaban J connectivity index is 1.41. The molecular formula is C21H21NO3. The van der Waals surface area contributed by atoms with Crippen molar-refractivity contribution in [3.05, 3.63) is 60.2 Å². The van der Waals surface area contributed by atoms with E-state index in [0.29, 0.717) is 18.7 Å². The van der Waals surface area contributed by atoms with Crippen molar-refractivity contribution in [1.29, 1.82) is 0 Å². The quantitative estimate of drug-likeness (QED) is 0.931. The van der Waals surface area contributed by atoms with Crippen LogP contribution < -0.4 is 0 Å². The number of rotatable bonds is 3. The highest BCUT2D eigenvalue weighted by molar-refractivity contribution is 5.94. The maximum Gasteiger partial charge on any atom is 0.307 e. The Morgan fingerprint density at radius 1 is 0.920 bits per heavy atom. The molecule has 1 aliphatic carbocycles. The topological polar surface area (TPSA) is 57.6 Å². The number of benzene rings is 2. The summed E-state index contributed by atoms with van der Waals surface area (Å²) in [7, 11) is 0. The summed E-state index contributed by atoms with van der Waals surface area (Å²) in [6.07, 6.45) is 2.38. The van der Waals surface area contributed by atoms with Gasteiger partial charge in [-0.25, -0.2) is 0 Å². The van der Waals surface area contributed by atoms with Gasteiger partial charge in [-0.15, -0.1) is 0 Å². The molecule has 1 saturated heterocycles. The Bertz CT molecular complexity index is 790. The van der Waals surface area contributed by atoms with Gasteiger partial charge >= 0.3 is 5.97 Å². The van der Waals surface area contributed by atoms with E-state index < -0.39 is 5.97 Å². The smallest absolute Gasteiger partial charge is 0.307 e. The number of carbonyl (C=O) groups excluding carboxylic acids is 1. The molecule has 4 heteroatoms. The SMILES string of the molecule is O=C(O)C1CC12CCN(C(=O)c1ccc(-c3ccccc3)cc1)CC2. The molecule has 2 aliphatic rings. The normalized spacial score (nSPS) is 21.1. The maximum absolute atomic E-state index is 12.7. The molecule has 1 spiro atoms. The number of likely N-dealkylation sites (tertiary alicyclic amines) is 1. The number of hydrogen-bond acceptors (Lipinski definition) is 2. The molecule has 0 aromatic heterocycles. The van der Waals surface area contributed by atoms with E-state index in [9.17, 15) is 9.59 Å². The molecular weight excluding hydrogens is 314 g/mol. The van der Waals surface area contributed by atoms with E-state index in [-0.39, 0.29) is 17.2 Å². The molecule has 1 saturated carbocycles. The Hall–Kier alpha value is -2.62. The monoisotopic (exact) mass is 335 g/mol. The minimum absolute atomic E-state index is 0.0419. The number of carboxylic acids is 1. The summed E-state index contributed by atoms with van der Waals surface area (Å²) in [4.78, 5) is 25.7. The molecule has 4 nitrogen and oxygen atoms in total. The molecule has 2 aromatic rings. The molecule has 1 atom stereocenters. The van der Waals surface area contributed by atoms with Crippen LogP contribution in [-0.2, 0) is 4.79 Å². The van der Waals surface area contributed by atoms with E-state index in [1.54, 1.807) is 0 Å². The fourth-order valence-corrected chi connectivity index (χ4v) is 4.02. The molecule has 2 aromatic carbocycles. The van der Waals surface area contributed by atoms with Crippen LogP contribution in [0.15, 0.2) is 54.6 Å². The minimum Gasteiger partial charge on any atom is -0.481 e. The molecule has 1 unspecified atom stereocenters. The van der Waals surface area contributed by atoms with Crippen molar-refractivity contribution >= 4 is 11.9 Å². The number of carboxylic acid groups (broad SMARTS) is 1. The molecule has 0 radical (unpaired) electrons. The maximum atomic E-state index is 12.7. The Kier molecular flexibility index (Phi) is 3.83. The molecule has 1 N–H and O–H groups in total. The zero-order valence-electron chi connectivity index (χ0n) is 14.0. The molecule has 128 valence electrons. The number of nitrogens with zero attached hydrogens (tertiary/aromatic N) is 1. The van der Waals surface area contributed by atoms with Crippen LogP contribution in [0, 0.1) is 11.3 Å². The third-order valence-electron chi connectivity index (χ3n) is 5.77. The Labute approximate surface area is 147 Å². The average Bonchev–Trinajstić information content (AvgIpc) is 3.36. The van der Waals surface area contributed by atoms with Crippen LogP contribution in [0.1, 0.15) is 29.6 Å². The van der Waals surface area contributed by atoms with Crippen molar-refractivity contribution in [3.63, 3.8) is 0 Å². The van der Waals surface area contributed by atoms with E-state index in [4.69, 9.17) is 5.11 Å². The number of hydrogen-bond donors (Lipinski definition) is 1. The van der Waals surface area contributed by atoms with Crippen molar-refractivity contribution in [3.8, 4) is 11.1 Å². The first kappa shape index (κ1) is 15.9. The summed E-state index contributed by atoms with van der Waals surface area (Å²) in [6, 6.07) is 17.8. The Morgan fingerprint density at radius 3 is 2.08 bits per heavy atom. The standard InChI is InChI=1S/C21H21NO3/c23-19(22-12-10-21(11-13-22)14-18(21)20(24)25)17-8-6-16(7-9-17)15-4-2-1-3-5-15/h1-9,18H,10-14H2,(H,24,25). The van der Waals surface area contributed by atoms with Crippen LogP contribution in [0.2, 0.25) is 0 Å². The lowest BCUT2D eigenvalue weighted by Gasteiger charge is -2.32. The molecule has 4 rings (SSSR count). The van der Waals surface area contributed by atoms with E-state index in [1.165, 1.54) is 0 Å². The summed E-state index contributed by atoms with van der Waals surface area (Å²) in [5.74, 6) is -0.840. The lowest BCUT2D eigenvalue weighted by Crippen LogP contribution is -2.40. The molecule has 0 bridgehead atoms. The van der Waals surface area contributed by atoms with Crippen LogP contribution in [0.3, 0.4) is 0 Å². The number of aliphatic carboxylic acids is 1. The molecule has 25 heavy (non-hydrogen) atoms. The third-order valence-corrected chi connectivity index (χ3v) is 5.77. The minimum atomic E-state index is -0.684. The first-order valence-corrected chi connectivity index (χ1v) is 8.77. The van der Waals surface area contributed by atoms with Crippen LogP contribution in [-0.4, -0.2) is 35.0 Å². The lowest BCUT2D eigenvalue weighted by atomic mass is 9.90. The van der Waals surface area contributed by atoms with Gasteiger partial charge in [0.25, 0.3) is 5.91 Å². The predicted octanol–water partition coefficient (Wildman–Crippen LogP) is 3.68. The van der Waals surface area contributed by atoms with Crippen molar-refractivity contribution < 1.29 is 14.7 Å². The second-order valence-electron chi connectivity index (χ2n) is 7.19.